The standard InChI is InChI=1S/C26H26N2O5S/c29-25(16-20-8-12-23(13-9-20)33-18-21-4-2-1-3-5-21)27-15-14-19-6-10-22(11-7-19)24-17-26(30)28-34(24,31)32/h1-13,17,31-32H,14-16,18H2,(H,27,29)(H,28,30). The first-order valence-corrected chi connectivity index (χ1v) is 12.4. The maximum atomic E-state index is 12.3. The molecule has 0 spiro atoms. The quantitative estimate of drug-likeness (QED) is 0.367. The minimum atomic E-state index is -3.28. The molecule has 0 aromatic heterocycles. The molecular formula is C26H26N2O5S. The number of carbonyl (C=O) groups is 2. The number of hydrogen-bond donors (Lipinski definition) is 4. The van der Waals surface area contributed by atoms with Crippen molar-refractivity contribution < 1.29 is 23.4 Å². The minimum absolute atomic E-state index is 0.0655. The summed E-state index contributed by atoms with van der Waals surface area (Å²) in [5.74, 6) is 0.173. The molecule has 0 saturated heterocycles. The zero-order valence-electron chi connectivity index (χ0n) is 18.4. The van der Waals surface area contributed by atoms with E-state index in [0.717, 1.165) is 22.4 Å². The molecule has 0 fully saturated rings. The van der Waals surface area contributed by atoms with E-state index in [-0.39, 0.29) is 17.2 Å². The van der Waals surface area contributed by atoms with E-state index in [1.165, 1.54) is 6.08 Å². The molecule has 0 bridgehead atoms. The lowest BCUT2D eigenvalue weighted by Gasteiger charge is -2.29. The molecule has 3 aromatic carbocycles. The maximum Gasteiger partial charge on any atom is 0.264 e. The van der Waals surface area contributed by atoms with E-state index >= 15 is 0 Å². The van der Waals surface area contributed by atoms with Crippen molar-refractivity contribution in [2.24, 2.45) is 0 Å². The summed E-state index contributed by atoms with van der Waals surface area (Å²) in [4.78, 5) is 23.9. The molecule has 0 aliphatic carbocycles. The highest BCUT2D eigenvalue weighted by atomic mass is 32.3. The predicted octanol–water partition coefficient (Wildman–Crippen LogP) is 4.30. The highest BCUT2D eigenvalue weighted by Crippen LogP contribution is 2.52. The molecule has 4 rings (SSSR count). The van der Waals surface area contributed by atoms with Crippen LogP contribution in [0.5, 0.6) is 5.75 Å². The third-order valence-electron chi connectivity index (χ3n) is 5.32. The molecule has 0 atom stereocenters. The molecule has 3 aromatic rings. The van der Waals surface area contributed by atoms with Gasteiger partial charge in [0.15, 0.2) is 0 Å². The average Bonchev–Trinajstić information content (AvgIpc) is 3.11. The van der Waals surface area contributed by atoms with Crippen LogP contribution in [0.4, 0.5) is 0 Å². The first-order chi connectivity index (χ1) is 16.4. The second-order valence-corrected chi connectivity index (χ2v) is 9.66. The Morgan fingerprint density at radius 1 is 0.882 bits per heavy atom. The summed E-state index contributed by atoms with van der Waals surface area (Å²) in [6.45, 7) is 0.977. The van der Waals surface area contributed by atoms with Crippen molar-refractivity contribution in [1.82, 2.24) is 10.0 Å². The van der Waals surface area contributed by atoms with Crippen molar-refractivity contribution in [3.8, 4) is 5.75 Å². The maximum absolute atomic E-state index is 12.3. The molecule has 7 nitrogen and oxygen atoms in total. The molecule has 1 aliphatic heterocycles. The molecule has 8 heteroatoms. The normalized spacial score (nSPS) is 15.2. The predicted molar refractivity (Wildman–Crippen MR) is 133 cm³/mol. The van der Waals surface area contributed by atoms with Gasteiger partial charge in [0.25, 0.3) is 5.91 Å². The third kappa shape index (κ3) is 6.26. The first-order valence-electron chi connectivity index (χ1n) is 10.8. The van der Waals surface area contributed by atoms with Gasteiger partial charge in [0.1, 0.15) is 12.4 Å². The Hall–Kier alpha value is -3.59. The summed E-state index contributed by atoms with van der Waals surface area (Å²) in [6.07, 6.45) is 2.11. The fourth-order valence-electron chi connectivity index (χ4n) is 3.55. The van der Waals surface area contributed by atoms with Gasteiger partial charge < -0.3 is 10.1 Å². The van der Waals surface area contributed by atoms with E-state index in [1.54, 1.807) is 12.1 Å². The van der Waals surface area contributed by atoms with Gasteiger partial charge in [-0.1, -0.05) is 77.5 Å². The van der Waals surface area contributed by atoms with Gasteiger partial charge >= 0.3 is 0 Å². The molecule has 176 valence electrons. The van der Waals surface area contributed by atoms with Crippen molar-refractivity contribution in [1.29, 1.82) is 0 Å². The zero-order chi connectivity index (χ0) is 24.0. The SMILES string of the molecule is O=C1C=C(c2ccc(CCNC(=O)Cc3ccc(OCc4ccccc4)cc3)cc2)S(O)(O)N1. The van der Waals surface area contributed by atoms with Crippen molar-refractivity contribution in [2.75, 3.05) is 6.54 Å². The smallest absolute Gasteiger partial charge is 0.264 e. The zero-order valence-corrected chi connectivity index (χ0v) is 19.3. The number of nitrogens with one attached hydrogen (secondary N) is 2. The van der Waals surface area contributed by atoms with Crippen LogP contribution in [0.1, 0.15) is 22.3 Å². The van der Waals surface area contributed by atoms with Crippen molar-refractivity contribution >= 4 is 27.5 Å². The van der Waals surface area contributed by atoms with Gasteiger partial charge in [0, 0.05) is 12.6 Å². The Balaban J connectivity index is 1.21. The summed E-state index contributed by atoms with van der Waals surface area (Å²) >= 11 is 0. The summed E-state index contributed by atoms with van der Waals surface area (Å²) in [5, 5.41) is 2.92. The van der Waals surface area contributed by atoms with E-state index in [4.69, 9.17) is 4.74 Å². The highest BCUT2D eigenvalue weighted by Gasteiger charge is 2.29. The lowest BCUT2D eigenvalue weighted by atomic mass is 10.1. The number of rotatable bonds is 9. The van der Waals surface area contributed by atoms with Crippen LogP contribution in [-0.4, -0.2) is 27.5 Å². The Morgan fingerprint density at radius 3 is 2.21 bits per heavy atom. The Morgan fingerprint density at radius 2 is 1.56 bits per heavy atom. The molecule has 2 amide bonds. The van der Waals surface area contributed by atoms with Crippen LogP contribution < -0.4 is 14.8 Å². The summed E-state index contributed by atoms with van der Waals surface area (Å²) in [6, 6.07) is 24.6. The third-order valence-corrected chi connectivity index (χ3v) is 6.78. The lowest BCUT2D eigenvalue weighted by Crippen LogP contribution is -2.27. The van der Waals surface area contributed by atoms with Gasteiger partial charge in [-0.05, 0) is 40.8 Å². The molecule has 0 unspecified atom stereocenters. The van der Waals surface area contributed by atoms with Gasteiger partial charge in [0.2, 0.25) is 5.91 Å². The Kier molecular flexibility index (Phi) is 7.32. The molecular weight excluding hydrogens is 452 g/mol. The molecule has 1 heterocycles. The first kappa shape index (κ1) is 23.6. The average molecular weight is 479 g/mol. The topological polar surface area (TPSA) is 108 Å². The molecule has 0 saturated carbocycles. The van der Waals surface area contributed by atoms with E-state index in [2.05, 4.69) is 10.0 Å². The van der Waals surface area contributed by atoms with Gasteiger partial charge in [-0.2, -0.15) is 0 Å². The van der Waals surface area contributed by atoms with Crippen molar-refractivity contribution in [3.05, 3.63) is 107 Å². The van der Waals surface area contributed by atoms with Crippen molar-refractivity contribution in [3.63, 3.8) is 0 Å². The van der Waals surface area contributed by atoms with E-state index in [9.17, 15) is 18.7 Å². The fraction of sp³-hybridized carbons (Fsp3) is 0.154. The van der Waals surface area contributed by atoms with Crippen LogP contribution in [0.2, 0.25) is 0 Å². The number of hydrogen-bond acceptors (Lipinski definition) is 5. The fourth-order valence-corrected chi connectivity index (χ4v) is 4.73. The van der Waals surface area contributed by atoms with Crippen LogP contribution in [0.25, 0.3) is 4.91 Å². The monoisotopic (exact) mass is 478 g/mol. The summed E-state index contributed by atoms with van der Waals surface area (Å²) in [5.41, 5.74) is 3.56. The number of ether oxygens (including phenoxy) is 1. The van der Waals surface area contributed by atoms with Gasteiger partial charge in [0.05, 0.1) is 11.3 Å². The lowest BCUT2D eigenvalue weighted by molar-refractivity contribution is -0.120. The van der Waals surface area contributed by atoms with E-state index in [1.807, 2.05) is 66.7 Å². The molecule has 4 N–H and O–H groups in total. The van der Waals surface area contributed by atoms with Crippen LogP contribution >= 0.6 is 10.8 Å². The van der Waals surface area contributed by atoms with Crippen LogP contribution in [0.15, 0.2) is 84.9 Å². The number of amides is 2. The van der Waals surface area contributed by atoms with Crippen LogP contribution in [0, 0.1) is 0 Å². The highest BCUT2D eigenvalue weighted by molar-refractivity contribution is 8.31. The molecule has 1 aliphatic rings. The largest absolute Gasteiger partial charge is 0.489 e. The minimum Gasteiger partial charge on any atom is -0.489 e. The second-order valence-electron chi connectivity index (χ2n) is 7.92. The van der Waals surface area contributed by atoms with Crippen LogP contribution in [-0.2, 0) is 29.0 Å². The Bertz CT molecular complexity index is 1180. The van der Waals surface area contributed by atoms with Crippen LogP contribution in [0.3, 0.4) is 0 Å². The van der Waals surface area contributed by atoms with Crippen molar-refractivity contribution in [2.45, 2.75) is 19.4 Å². The summed E-state index contributed by atoms with van der Waals surface area (Å²) < 4.78 is 27.8. The Labute approximate surface area is 200 Å². The number of carbonyl (C=O) groups excluding carboxylic acids is 2. The number of benzene rings is 3. The summed E-state index contributed by atoms with van der Waals surface area (Å²) in [7, 11) is -3.28. The molecule has 34 heavy (non-hydrogen) atoms. The van der Waals surface area contributed by atoms with Gasteiger partial charge in [-0.15, -0.1) is 0 Å². The van der Waals surface area contributed by atoms with E-state index in [0.29, 0.717) is 25.1 Å². The molecule has 0 radical (unpaired) electrons. The second kappa shape index (κ2) is 10.6. The van der Waals surface area contributed by atoms with E-state index < -0.39 is 16.7 Å². The van der Waals surface area contributed by atoms with Gasteiger partial charge in [-0.25, -0.2) is 4.72 Å². The van der Waals surface area contributed by atoms with Gasteiger partial charge in [-0.3, -0.25) is 18.7 Å².